The molecule has 1 N–H and O–H groups in total. The van der Waals surface area contributed by atoms with Gasteiger partial charge in [0.2, 0.25) is 11.8 Å². The van der Waals surface area contributed by atoms with E-state index in [9.17, 15) is 14.7 Å². The van der Waals surface area contributed by atoms with Crippen molar-refractivity contribution in [2.24, 2.45) is 0 Å². The smallest absolute Gasteiger partial charge is 0.246 e. The van der Waals surface area contributed by atoms with Crippen LogP contribution in [0.15, 0.2) is 0 Å². The summed E-state index contributed by atoms with van der Waals surface area (Å²) >= 11 is 1.60. The molecule has 2 rings (SSSR count). The number of carbonyl (C=O) groups excluding carboxylic acids is 2. The highest BCUT2D eigenvalue weighted by atomic mass is 32.2. The Morgan fingerprint density at radius 1 is 1.45 bits per heavy atom. The zero-order valence-corrected chi connectivity index (χ0v) is 12.8. The number of hydrogen-bond donors (Lipinski definition) is 1. The SMILES string of the molecule is CC(=O)N1CSCC1C(=O)N1CCOCC1CC(C)O. The van der Waals surface area contributed by atoms with Crippen molar-refractivity contribution >= 4 is 23.6 Å². The zero-order valence-electron chi connectivity index (χ0n) is 11.9. The van der Waals surface area contributed by atoms with E-state index in [1.54, 1.807) is 28.5 Å². The molecular formula is C13H22N2O4S. The minimum absolute atomic E-state index is 0.0147. The third kappa shape index (κ3) is 3.45. The van der Waals surface area contributed by atoms with Crippen molar-refractivity contribution in [1.82, 2.24) is 9.80 Å². The van der Waals surface area contributed by atoms with Crippen LogP contribution in [0, 0.1) is 0 Å². The molecule has 3 atom stereocenters. The molecule has 20 heavy (non-hydrogen) atoms. The Kier molecular flexibility index (Phi) is 5.29. The standard InChI is InChI=1S/C13H22N2O4S/c1-9(16)5-11-6-19-4-3-14(11)13(18)12-7-20-8-15(12)10(2)17/h9,11-12,16H,3-8H2,1-2H3. The van der Waals surface area contributed by atoms with Crippen molar-refractivity contribution in [3.8, 4) is 0 Å². The predicted molar refractivity (Wildman–Crippen MR) is 76.3 cm³/mol. The number of aliphatic hydroxyl groups excluding tert-OH is 1. The van der Waals surface area contributed by atoms with Gasteiger partial charge in [-0.2, -0.15) is 0 Å². The van der Waals surface area contributed by atoms with Gasteiger partial charge in [-0.25, -0.2) is 0 Å². The molecule has 2 aliphatic rings. The lowest BCUT2D eigenvalue weighted by Crippen LogP contribution is -2.56. The van der Waals surface area contributed by atoms with E-state index in [1.807, 2.05) is 0 Å². The van der Waals surface area contributed by atoms with E-state index in [0.717, 1.165) is 0 Å². The second-order valence-electron chi connectivity index (χ2n) is 5.35. The van der Waals surface area contributed by atoms with Gasteiger partial charge in [-0.05, 0) is 13.3 Å². The molecule has 0 bridgehead atoms. The number of amides is 2. The largest absolute Gasteiger partial charge is 0.393 e. The summed E-state index contributed by atoms with van der Waals surface area (Å²) in [5, 5.41) is 9.55. The minimum Gasteiger partial charge on any atom is -0.393 e. The highest BCUT2D eigenvalue weighted by Crippen LogP contribution is 2.24. The summed E-state index contributed by atoms with van der Waals surface area (Å²) in [4.78, 5) is 27.7. The van der Waals surface area contributed by atoms with Crippen LogP contribution in [-0.4, -0.2) is 76.3 Å². The molecule has 0 aromatic carbocycles. The molecule has 7 heteroatoms. The van der Waals surface area contributed by atoms with Crippen LogP contribution in [0.3, 0.4) is 0 Å². The fourth-order valence-electron chi connectivity index (χ4n) is 2.68. The van der Waals surface area contributed by atoms with Gasteiger partial charge in [0.1, 0.15) is 6.04 Å². The number of thioether (sulfide) groups is 1. The molecule has 6 nitrogen and oxygen atoms in total. The second-order valence-corrected chi connectivity index (χ2v) is 6.35. The van der Waals surface area contributed by atoms with Crippen LogP contribution in [0.4, 0.5) is 0 Å². The number of nitrogens with zero attached hydrogens (tertiary/aromatic N) is 2. The van der Waals surface area contributed by atoms with E-state index in [0.29, 0.717) is 37.8 Å². The molecule has 3 unspecified atom stereocenters. The number of morpholine rings is 1. The van der Waals surface area contributed by atoms with Crippen molar-refractivity contribution in [2.45, 2.75) is 38.5 Å². The van der Waals surface area contributed by atoms with Crippen LogP contribution in [0.1, 0.15) is 20.3 Å². The van der Waals surface area contributed by atoms with Gasteiger partial charge in [0.05, 0.1) is 31.2 Å². The molecule has 2 fully saturated rings. The maximum absolute atomic E-state index is 12.7. The van der Waals surface area contributed by atoms with E-state index in [-0.39, 0.29) is 23.9 Å². The molecule has 0 aromatic heterocycles. The number of carbonyl (C=O) groups is 2. The summed E-state index contributed by atoms with van der Waals surface area (Å²) in [5.74, 6) is 1.15. The molecule has 114 valence electrons. The Hall–Kier alpha value is -0.790. The van der Waals surface area contributed by atoms with Crippen LogP contribution in [-0.2, 0) is 14.3 Å². The van der Waals surface area contributed by atoms with Crippen LogP contribution in [0.2, 0.25) is 0 Å². The van der Waals surface area contributed by atoms with Gasteiger partial charge >= 0.3 is 0 Å². The zero-order chi connectivity index (χ0) is 14.7. The number of hydrogen-bond acceptors (Lipinski definition) is 5. The van der Waals surface area contributed by atoms with Gasteiger partial charge < -0.3 is 19.6 Å². The van der Waals surface area contributed by atoms with Gasteiger partial charge in [-0.3, -0.25) is 9.59 Å². The van der Waals surface area contributed by atoms with Gasteiger partial charge in [-0.1, -0.05) is 0 Å². The molecule has 2 saturated heterocycles. The van der Waals surface area contributed by atoms with Gasteiger partial charge in [0.25, 0.3) is 0 Å². The molecular weight excluding hydrogens is 280 g/mol. The quantitative estimate of drug-likeness (QED) is 0.789. The molecule has 0 spiro atoms. The maximum atomic E-state index is 12.7. The average molecular weight is 302 g/mol. The first-order chi connectivity index (χ1) is 9.50. The number of ether oxygens (including phenoxy) is 1. The van der Waals surface area contributed by atoms with Crippen LogP contribution >= 0.6 is 11.8 Å². The minimum atomic E-state index is -0.473. The normalized spacial score (nSPS) is 28.6. The fourth-order valence-corrected chi connectivity index (χ4v) is 3.89. The van der Waals surface area contributed by atoms with Crippen molar-refractivity contribution in [2.75, 3.05) is 31.4 Å². The Labute approximate surface area is 123 Å². The Morgan fingerprint density at radius 3 is 2.85 bits per heavy atom. The van der Waals surface area contributed by atoms with Gasteiger partial charge in [0, 0.05) is 19.2 Å². The van der Waals surface area contributed by atoms with E-state index >= 15 is 0 Å². The Morgan fingerprint density at radius 2 is 2.20 bits per heavy atom. The topological polar surface area (TPSA) is 70.1 Å². The predicted octanol–water partition coefficient (Wildman–Crippen LogP) is -0.0939. The Bertz CT molecular complexity index is 377. The van der Waals surface area contributed by atoms with E-state index in [2.05, 4.69) is 0 Å². The molecule has 2 amide bonds. The summed E-state index contributed by atoms with van der Waals surface area (Å²) in [6, 6.07) is -0.470. The van der Waals surface area contributed by atoms with E-state index in [4.69, 9.17) is 4.74 Å². The highest BCUT2D eigenvalue weighted by Gasteiger charge is 2.39. The first kappa shape index (κ1) is 15.6. The number of rotatable bonds is 3. The van der Waals surface area contributed by atoms with Crippen LogP contribution < -0.4 is 0 Å². The van der Waals surface area contributed by atoms with Crippen molar-refractivity contribution < 1.29 is 19.4 Å². The van der Waals surface area contributed by atoms with Crippen LogP contribution in [0.25, 0.3) is 0 Å². The van der Waals surface area contributed by atoms with Crippen LogP contribution in [0.5, 0.6) is 0 Å². The third-order valence-corrected chi connectivity index (χ3v) is 4.71. The van der Waals surface area contributed by atoms with Crippen molar-refractivity contribution in [1.29, 1.82) is 0 Å². The van der Waals surface area contributed by atoms with Gasteiger partial charge in [-0.15, -0.1) is 11.8 Å². The van der Waals surface area contributed by atoms with Crippen molar-refractivity contribution in [3.63, 3.8) is 0 Å². The van der Waals surface area contributed by atoms with Crippen molar-refractivity contribution in [3.05, 3.63) is 0 Å². The van der Waals surface area contributed by atoms with Gasteiger partial charge in [0.15, 0.2) is 0 Å². The third-order valence-electron chi connectivity index (χ3n) is 3.70. The summed E-state index contributed by atoms with van der Waals surface area (Å²) in [6.07, 6.45) is 0.0324. The first-order valence-corrected chi connectivity index (χ1v) is 8.07. The highest BCUT2D eigenvalue weighted by molar-refractivity contribution is 7.99. The fraction of sp³-hybridized carbons (Fsp3) is 0.846. The lowest BCUT2D eigenvalue weighted by molar-refractivity contribution is -0.149. The van der Waals surface area contributed by atoms with E-state index in [1.165, 1.54) is 6.92 Å². The van der Waals surface area contributed by atoms with E-state index < -0.39 is 6.10 Å². The second kappa shape index (κ2) is 6.78. The summed E-state index contributed by atoms with van der Waals surface area (Å²) in [7, 11) is 0. The summed E-state index contributed by atoms with van der Waals surface area (Å²) < 4.78 is 5.41. The monoisotopic (exact) mass is 302 g/mol. The molecule has 2 aliphatic heterocycles. The Balaban J connectivity index is 2.07. The molecule has 2 heterocycles. The lowest BCUT2D eigenvalue weighted by atomic mass is 10.1. The first-order valence-electron chi connectivity index (χ1n) is 6.92. The average Bonchev–Trinajstić information content (AvgIpc) is 2.87. The molecule has 0 radical (unpaired) electrons. The molecule has 0 aromatic rings. The summed E-state index contributed by atoms with van der Waals surface area (Å²) in [5.41, 5.74) is 0. The maximum Gasteiger partial charge on any atom is 0.246 e. The number of aliphatic hydroxyl groups is 1. The molecule has 0 aliphatic carbocycles. The lowest BCUT2D eigenvalue weighted by Gasteiger charge is -2.38. The molecule has 0 saturated carbocycles. The summed E-state index contributed by atoms with van der Waals surface area (Å²) in [6.45, 7) is 4.71.